The van der Waals surface area contributed by atoms with Gasteiger partial charge in [0.15, 0.2) is 11.2 Å². The van der Waals surface area contributed by atoms with Crippen molar-refractivity contribution in [2.45, 2.75) is 20.4 Å². The summed E-state index contributed by atoms with van der Waals surface area (Å²) in [4.78, 5) is 47.5. The third-order valence-corrected chi connectivity index (χ3v) is 9.39. The van der Waals surface area contributed by atoms with Crippen LogP contribution in [0, 0.1) is 13.8 Å². The molecule has 228 valence electrons. The van der Waals surface area contributed by atoms with Crippen LogP contribution in [-0.4, -0.2) is 67.4 Å². The molecule has 0 bridgehead atoms. The second kappa shape index (κ2) is 15.5. The van der Waals surface area contributed by atoms with Crippen molar-refractivity contribution >= 4 is 58.5 Å². The number of carbonyl (C=O) groups excluding carboxylic acids is 2. The molecule has 0 amide bonds. The Bertz CT molecular complexity index is 1590. The van der Waals surface area contributed by atoms with Gasteiger partial charge < -0.3 is 24.1 Å². The quantitative estimate of drug-likeness (QED) is 0.136. The summed E-state index contributed by atoms with van der Waals surface area (Å²) in [5.74, 6) is 0.469. The van der Waals surface area contributed by atoms with Crippen molar-refractivity contribution in [1.82, 2.24) is 19.5 Å². The van der Waals surface area contributed by atoms with Crippen LogP contribution < -0.4 is 11.3 Å². The molecule has 0 saturated heterocycles. The van der Waals surface area contributed by atoms with E-state index in [-0.39, 0.29) is 65.9 Å². The van der Waals surface area contributed by atoms with Gasteiger partial charge in [0.25, 0.3) is 5.56 Å². The molecule has 0 aliphatic carbocycles. The van der Waals surface area contributed by atoms with E-state index in [4.69, 9.17) is 19.5 Å². The summed E-state index contributed by atoms with van der Waals surface area (Å²) in [5.41, 5.74) is 8.87. The minimum absolute atomic E-state index is 0.0174. The fourth-order valence-corrected chi connectivity index (χ4v) is 6.62. The molecule has 2 aromatic heterocycles. The van der Waals surface area contributed by atoms with Gasteiger partial charge >= 0.3 is 7.60 Å². The molecule has 15 heteroatoms. The molecule has 0 aliphatic heterocycles. The van der Waals surface area contributed by atoms with Crippen LogP contribution in [-0.2, 0) is 24.9 Å². The van der Waals surface area contributed by atoms with Crippen molar-refractivity contribution in [2.75, 3.05) is 43.4 Å². The molecule has 0 radical (unpaired) electrons. The number of hydrogen-bond donors (Lipinski definition) is 2. The van der Waals surface area contributed by atoms with E-state index in [2.05, 4.69) is 15.0 Å². The first-order valence-corrected chi connectivity index (χ1v) is 17.0. The Hall–Kier alpha value is -3.26. The summed E-state index contributed by atoms with van der Waals surface area (Å²) in [6.45, 7) is 4.17. The molecular formula is C28H32N5O7PS2. The molecule has 0 aliphatic rings. The Morgan fingerprint density at radius 3 is 1.98 bits per heavy atom. The zero-order chi connectivity index (χ0) is 30.8. The number of aromatic nitrogens is 4. The molecule has 4 aromatic rings. The lowest BCUT2D eigenvalue weighted by Gasteiger charge is -2.18. The number of aryl methyl sites for hydroxylation is 2. The topological polar surface area (TPSA) is 168 Å². The van der Waals surface area contributed by atoms with Crippen LogP contribution >= 0.6 is 31.1 Å². The van der Waals surface area contributed by atoms with E-state index >= 15 is 0 Å². The summed E-state index contributed by atoms with van der Waals surface area (Å²) in [6, 6.07) is 14.5. The summed E-state index contributed by atoms with van der Waals surface area (Å²) in [5, 5.41) is -0.246. The number of ether oxygens (including phenoxy) is 1. The molecule has 2 aromatic carbocycles. The third-order valence-electron chi connectivity index (χ3n) is 6.00. The van der Waals surface area contributed by atoms with E-state index in [1.54, 1.807) is 28.8 Å². The first-order valence-electron chi connectivity index (χ1n) is 13.3. The van der Waals surface area contributed by atoms with Crippen LogP contribution in [0.3, 0.4) is 0 Å². The Labute approximate surface area is 256 Å². The molecule has 0 atom stereocenters. The van der Waals surface area contributed by atoms with Gasteiger partial charge in [-0.25, -0.2) is 4.98 Å². The minimum atomic E-state index is -3.75. The highest BCUT2D eigenvalue weighted by Gasteiger charge is 2.26. The number of aromatic amines is 1. The Kier molecular flexibility index (Phi) is 11.7. The smallest absolute Gasteiger partial charge is 0.356 e. The molecule has 0 saturated carbocycles. The van der Waals surface area contributed by atoms with Gasteiger partial charge in [-0.15, -0.1) is 0 Å². The van der Waals surface area contributed by atoms with E-state index in [1.807, 2.05) is 38.1 Å². The summed E-state index contributed by atoms with van der Waals surface area (Å²) < 4.78 is 32.0. The van der Waals surface area contributed by atoms with Gasteiger partial charge in [-0.05, 0) is 13.8 Å². The maximum atomic E-state index is 13.5. The molecule has 2 heterocycles. The summed E-state index contributed by atoms with van der Waals surface area (Å²) in [6.07, 6.45) is 1.08. The highest BCUT2D eigenvalue weighted by atomic mass is 32.2. The largest absolute Gasteiger partial charge is 0.369 e. The number of nitrogen functional groups attached to an aromatic ring is 1. The molecule has 0 fully saturated rings. The van der Waals surface area contributed by atoms with Crippen LogP contribution in [0.4, 0.5) is 5.95 Å². The van der Waals surface area contributed by atoms with Crippen LogP contribution in [0.25, 0.3) is 11.2 Å². The predicted octanol–water partition coefficient (Wildman–Crippen LogP) is 4.67. The number of nitrogens with one attached hydrogen (secondary N) is 1. The second-order valence-corrected chi connectivity index (χ2v) is 13.5. The Balaban J connectivity index is 1.29. The lowest BCUT2D eigenvalue weighted by molar-refractivity contribution is 0.108. The maximum absolute atomic E-state index is 13.5. The molecular weight excluding hydrogens is 613 g/mol. The number of H-pyrrole nitrogens is 1. The van der Waals surface area contributed by atoms with E-state index in [0.717, 1.165) is 34.7 Å². The van der Waals surface area contributed by atoms with Crippen molar-refractivity contribution in [2.24, 2.45) is 0 Å². The van der Waals surface area contributed by atoms with Gasteiger partial charge in [-0.1, -0.05) is 83.2 Å². The minimum Gasteiger partial charge on any atom is -0.369 e. The molecule has 4 rings (SSSR count). The van der Waals surface area contributed by atoms with Crippen LogP contribution in [0.2, 0.25) is 0 Å². The highest BCUT2D eigenvalue weighted by Crippen LogP contribution is 2.48. The van der Waals surface area contributed by atoms with Gasteiger partial charge in [0, 0.05) is 29.2 Å². The van der Waals surface area contributed by atoms with Gasteiger partial charge in [0.2, 0.25) is 16.2 Å². The summed E-state index contributed by atoms with van der Waals surface area (Å²) in [7, 11) is -3.75. The van der Waals surface area contributed by atoms with Crippen LogP contribution in [0.15, 0.2) is 59.7 Å². The van der Waals surface area contributed by atoms with Crippen molar-refractivity contribution in [3.63, 3.8) is 0 Å². The highest BCUT2D eigenvalue weighted by molar-refractivity contribution is 8.14. The number of rotatable bonds is 15. The maximum Gasteiger partial charge on any atom is 0.356 e. The Morgan fingerprint density at radius 1 is 0.907 bits per heavy atom. The van der Waals surface area contributed by atoms with E-state index in [1.165, 1.54) is 6.33 Å². The number of thioether (sulfide) groups is 2. The van der Waals surface area contributed by atoms with Crippen molar-refractivity contribution in [3.05, 3.63) is 87.5 Å². The first kappa shape index (κ1) is 32.6. The standard InChI is InChI=1S/C28H32N5O7PS2/c1-19-3-7-21(8-4-19)26(35)42-15-13-39-41(37,40-14-16-43-27(36)22-9-5-20(2)6-10-22)18-38-12-11-33-17-30-23-24(33)31-28(29)32-25(23)34/h3-10,17H,11-16,18H2,1-2H3,(H3,29,31,32,34). The van der Waals surface area contributed by atoms with E-state index < -0.39 is 13.2 Å². The number of nitrogens with zero attached hydrogens (tertiary/aromatic N) is 3. The number of benzene rings is 2. The first-order chi connectivity index (χ1) is 20.6. The van der Waals surface area contributed by atoms with Crippen molar-refractivity contribution < 1.29 is 27.9 Å². The fraction of sp³-hybridized carbons (Fsp3) is 0.321. The van der Waals surface area contributed by atoms with Gasteiger partial charge in [0.1, 0.15) is 6.35 Å². The molecule has 0 spiro atoms. The average Bonchev–Trinajstić information content (AvgIpc) is 3.39. The lowest BCUT2D eigenvalue weighted by atomic mass is 10.2. The molecule has 0 unspecified atom stereocenters. The lowest BCUT2D eigenvalue weighted by Crippen LogP contribution is -2.14. The molecule has 43 heavy (non-hydrogen) atoms. The molecule has 12 nitrogen and oxygen atoms in total. The van der Waals surface area contributed by atoms with E-state index in [0.29, 0.717) is 16.8 Å². The SMILES string of the molecule is Cc1ccc(C(=O)SCCOP(=O)(COCCn2cnc3c(=O)[nH]c(N)nc32)OCCSC(=O)c2ccc(C)cc2)cc1. The zero-order valence-electron chi connectivity index (χ0n) is 23.7. The average molecular weight is 646 g/mol. The number of hydrogen-bond acceptors (Lipinski definition) is 12. The number of carbonyl (C=O) groups is 2. The van der Waals surface area contributed by atoms with Gasteiger partial charge in [0.05, 0.1) is 26.1 Å². The van der Waals surface area contributed by atoms with Crippen LogP contribution in [0.1, 0.15) is 31.8 Å². The van der Waals surface area contributed by atoms with Gasteiger partial charge in [-0.2, -0.15) is 4.98 Å². The van der Waals surface area contributed by atoms with Crippen molar-refractivity contribution in [1.29, 1.82) is 0 Å². The predicted molar refractivity (Wildman–Crippen MR) is 169 cm³/mol. The Morgan fingerprint density at radius 2 is 1.44 bits per heavy atom. The number of nitrogens with two attached hydrogens (primary N) is 1. The molecule has 3 N–H and O–H groups in total. The normalized spacial score (nSPS) is 11.7. The zero-order valence-corrected chi connectivity index (χ0v) is 26.2. The summed E-state index contributed by atoms with van der Waals surface area (Å²) >= 11 is 2.10. The fourth-order valence-electron chi connectivity index (χ4n) is 3.75. The monoisotopic (exact) mass is 645 g/mol. The second-order valence-electron chi connectivity index (χ2n) is 9.38. The van der Waals surface area contributed by atoms with Gasteiger partial charge in [-0.3, -0.25) is 23.9 Å². The number of imidazole rings is 1. The van der Waals surface area contributed by atoms with Crippen molar-refractivity contribution in [3.8, 4) is 0 Å². The van der Waals surface area contributed by atoms with E-state index in [9.17, 15) is 18.9 Å². The number of fused-ring (bicyclic) bond motifs is 1. The van der Waals surface area contributed by atoms with Crippen LogP contribution in [0.5, 0.6) is 0 Å². The number of anilines is 1. The third kappa shape index (κ3) is 9.62.